The van der Waals surface area contributed by atoms with Crippen molar-refractivity contribution >= 4 is 11.9 Å². The molecule has 0 aliphatic rings. The van der Waals surface area contributed by atoms with Gasteiger partial charge in [0.1, 0.15) is 5.75 Å². The number of carbonyl (C=O) groups is 1. The Morgan fingerprint density at radius 2 is 2.15 bits per heavy atom. The highest BCUT2D eigenvalue weighted by Crippen LogP contribution is 2.20. The zero-order valence-electron chi connectivity index (χ0n) is 11.6. The molecule has 0 bridgehead atoms. The Morgan fingerprint density at radius 3 is 2.80 bits per heavy atom. The number of aromatic amines is 1. The van der Waals surface area contributed by atoms with E-state index in [1.165, 1.54) is 7.11 Å². The summed E-state index contributed by atoms with van der Waals surface area (Å²) in [7, 11) is 3.03. The largest absolute Gasteiger partial charge is 0.496 e. The zero-order valence-corrected chi connectivity index (χ0v) is 11.6. The van der Waals surface area contributed by atoms with Crippen molar-refractivity contribution in [2.24, 2.45) is 0 Å². The van der Waals surface area contributed by atoms with Crippen LogP contribution in [-0.2, 0) is 11.2 Å². The Labute approximate surface area is 116 Å². The zero-order chi connectivity index (χ0) is 14.5. The lowest BCUT2D eigenvalue weighted by atomic mass is 10.1. The van der Waals surface area contributed by atoms with Crippen molar-refractivity contribution in [2.75, 3.05) is 19.5 Å². The number of ether oxygens (including phenoxy) is 2. The number of amides is 1. The smallest absolute Gasteiger partial charge is 0.336 e. The van der Waals surface area contributed by atoms with E-state index in [2.05, 4.69) is 20.5 Å². The van der Waals surface area contributed by atoms with Crippen LogP contribution in [0.5, 0.6) is 11.8 Å². The molecule has 1 aromatic carbocycles. The van der Waals surface area contributed by atoms with Crippen LogP contribution in [0, 0.1) is 6.92 Å². The third-order valence-corrected chi connectivity index (χ3v) is 2.69. The topological polar surface area (TPSA) is 89.1 Å². The van der Waals surface area contributed by atoms with Gasteiger partial charge in [0.05, 0.1) is 20.6 Å². The highest BCUT2D eigenvalue weighted by molar-refractivity contribution is 5.91. The summed E-state index contributed by atoms with van der Waals surface area (Å²) < 4.78 is 10.1. The summed E-state index contributed by atoms with van der Waals surface area (Å²) in [6.45, 7) is 1.96. The van der Waals surface area contributed by atoms with Crippen LogP contribution in [0.1, 0.15) is 11.1 Å². The van der Waals surface area contributed by atoms with Gasteiger partial charge in [-0.1, -0.05) is 17.7 Å². The predicted molar refractivity (Wildman–Crippen MR) is 73.0 cm³/mol. The minimum absolute atomic E-state index is 0.174. The van der Waals surface area contributed by atoms with Crippen molar-refractivity contribution in [3.63, 3.8) is 0 Å². The van der Waals surface area contributed by atoms with E-state index in [4.69, 9.17) is 9.47 Å². The minimum Gasteiger partial charge on any atom is -0.496 e. The number of H-pyrrole nitrogens is 1. The molecule has 1 aromatic heterocycles. The highest BCUT2D eigenvalue weighted by atomic mass is 16.5. The molecule has 0 atom stereocenters. The summed E-state index contributed by atoms with van der Waals surface area (Å²) in [4.78, 5) is 15.9. The molecule has 2 N–H and O–H groups in total. The molecule has 106 valence electrons. The fourth-order valence-corrected chi connectivity index (χ4v) is 1.79. The van der Waals surface area contributed by atoms with Crippen LogP contribution in [0.2, 0.25) is 0 Å². The van der Waals surface area contributed by atoms with Crippen molar-refractivity contribution in [3.8, 4) is 11.8 Å². The highest BCUT2D eigenvalue weighted by Gasteiger charge is 2.11. The lowest BCUT2D eigenvalue weighted by molar-refractivity contribution is -0.115. The SMILES string of the molecule is COc1n[nH]c(NC(=O)Cc2cc(C)ccc2OC)n1. The summed E-state index contributed by atoms with van der Waals surface area (Å²) in [6.07, 6.45) is 0.188. The second kappa shape index (κ2) is 6.05. The van der Waals surface area contributed by atoms with Crippen LogP contribution in [0.3, 0.4) is 0 Å². The Kier molecular flexibility index (Phi) is 4.19. The van der Waals surface area contributed by atoms with Crippen LogP contribution in [0.4, 0.5) is 5.95 Å². The van der Waals surface area contributed by atoms with Gasteiger partial charge in [0.2, 0.25) is 11.9 Å². The van der Waals surface area contributed by atoms with Gasteiger partial charge in [-0.25, -0.2) is 5.10 Å². The first-order valence-corrected chi connectivity index (χ1v) is 6.02. The van der Waals surface area contributed by atoms with Gasteiger partial charge in [0.15, 0.2) is 0 Å². The van der Waals surface area contributed by atoms with Crippen molar-refractivity contribution in [1.82, 2.24) is 15.2 Å². The van der Waals surface area contributed by atoms with E-state index in [1.54, 1.807) is 7.11 Å². The van der Waals surface area contributed by atoms with Gasteiger partial charge in [0, 0.05) is 5.56 Å². The van der Waals surface area contributed by atoms with Gasteiger partial charge < -0.3 is 9.47 Å². The number of nitrogens with zero attached hydrogens (tertiary/aromatic N) is 2. The molecule has 7 nitrogen and oxygen atoms in total. The fraction of sp³-hybridized carbons (Fsp3) is 0.308. The van der Waals surface area contributed by atoms with Crippen molar-refractivity contribution in [2.45, 2.75) is 13.3 Å². The van der Waals surface area contributed by atoms with Crippen molar-refractivity contribution < 1.29 is 14.3 Å². The molecule has 1 heterocycles. The molecular weight excluding hydrogens is 260 g/mol. The van der Waals surface area contributed by atoms with Crippen molar-refractivity contribution in [1.29, 1.82) is 0 Å². The molecule has 1 amide bonds. The monoisotopic (exact) mass is 276 g/mol. The molecule has 7 heteroatoms. The predicted octanol–water partition coefficient (Wildman–Crippen LogP) is 1.31. The third-order valence-electron chi connectivity index (χ3n) is 2.69. The molecule has 2 aromatic rings. The maximum Gasteiger partial charge on any atom is 0.336 e. The summed E-state index contributed by atoms with van der Waals surface area (Å²) >= 11 is 0. The van der Waals surface area contributed by atoms with Gasteiger partial charge in [0.25, 0.3) is 0 Å². The number of nitrogens with one attached hydrogen (secondary N) is 2. The van der Waals surface area contributed by atoms with E-state index < -0.39 is 0 Å². The van der Waals surface area contributed by atoms with Crippen LogP contribution < -0.4 is 14.8 Å². The second-order valence-electron chi connectivity index (χ2n) is 4.21. The number of anilines is 1. The van der Waals surface area contributed by atoms with Gasteiger partial charge in [-0.3, -0.25) is 10.1 Å². The van der Waals surface area contributed by atoms with Gasteiger partial charge in [-0.15, -0.1) is 5.10 Å². The van der Waals surface area contributed by atoms with E-state index >= 15 is 0 Å². The van der Waals surface area contributed by atoms with E-state index in [0.29, 0.717) is 5.75 Å². The number of carbonyl (C=O) groups excluding carboxylic acids is 1. The first kappa shape index (κ1) is 13.9. The Morgan fingerprint density at radius 1 is 1.35 bits per heavy atom. The maximum absolute atomic E-state index is 12.0. The van der Waals surface area contributed by atoms with Crippen LogP contribution >= 0.6 is 0 Å². The Hall–Kier alpha value is -2.57. The number of benzene rings is 1. The molecule has 0 unspecified atom stereocenters. The minimum atomic E-state index is -0.215. The average molecular weight is 276 g/mol. The van der Waals surface area contributed by atoms with Gasteiger partial charge in [-0.05, 0) is 13.0 Å². The summed E-state index contributed by atoms with van der Waals surface area (Å²) in [5, 5.41) is 8.92. The number of aromatic nitrogens is 3. The standard InChI is InChI=1S/C13H16N4O3/c1-8-4-5-10(19-2)9(6-8)7-11(18)14-12-15-13(20-3)17-16-12/h4-6H,7H2,1-3H3,(H2,14,15,16,17,18). The molecule has 0 spiro atoms. The van der Waals surface area contributed by atoms with E-state index in [0.717, 1.165) is 11.1 Å². The number of rotatable bonds is 5. The van der Waals surface area contributed by atoms with Crippen LogP contribution in [-0.4, -0.2) is 35.3 Å². The molecule has 0 aliphatic carbocycles. The second-order valence-corrected chi connectivity index (χ2v) is 4.21. The van der Waals surface area contributed by atoms with Gasteiger partial charge >= 0.3 is 6.01 Å². The molecule has 0 aliphatic heterocycles. The Bertz CT molecular complexity index is 609. The average Bonchev–Trinajstić information content (AvgIpc) is 2.86. The molecule has 20 heavy (non-hydrogen) atoms. The molecule has 0 saturated carbocycles. The number of methoxy groups -OCH3 is 2. The Balaban J connectivity index is 2.06. The fourth-order valence-electron chi connectivity index (χ4n) is 1.79. The number of hydrogen-bond acceptors (Lipinski definition) is 5. The number of hydrogen-bond donors (Lipinski definition) is 2. The lowest BCUT2D eigenvalue weighted by Gasteiger charge is -2.08. The lowest BCUT2D eigenvalue weighted by Crippen LogP contribution is -2.16. The molecule has 0 radical (unpaired) electrons. The third kappa shape index (κ3) is 3.25. The van der Waals surface area contributed by atoms with E-state index in [9.17, 15) is 4.79 Å². The summed E-state index contributed by atoms with van der Waals surface area (Å²) in [5.41, 5.74) is 1.88. The molecule has 2 rings (SSSR count). The van der Waals surface area contributed by atoms with Gasteiger partial charge in [-0.2, -0.15) is 4.98 Å². The normalized spacial score (nSPS) is 10.2. The molecule has 0 saturated heterocycles. The maximum atomic E-state index is 12.0. The first-order valence-electron chi connectivity index (χ1n) is 6.02. The summed E-state index contributed by atoms with van der Waals surface area (Å²) in [6, 6.07) is 5.87. The van der Waals surface area contributed by atoms with Crippen LogP contribution in [0.25, 0.3) is 0 Å². The number of aryl methyl sites for hydroxylation is 1. The summed E-state index contributed by atoms with van der Waals surface area (Å²) in [5.74, 6) is 0.715. The quantitative estimate of drug-likeness (QED) is 0.859. The first-order chi connectivity index (χ1) is 9.62. The van der Waals surface area contributed by atoms with Crippen molar-refractivity contribution in [3.05, 3.63) is 29.3 Å². The molecule has 0 fully saturated rings. The van der Waals surface area contributed by atoms with E-state index in [-0.39, 0.29) is 24.3 Å². The van der Waals surface area contributed by atoms with Crippen LogP contribution in [0.15, 0.2) is 18.2 Å². The van der Waals surface area contributed by atoms with E-state index in [1.807, 2.05) is 25.1 Å². The molecular formula is C13H16N4O3.